The van der Waals surface area contributed by atoms with Crippen molar-refractivity contribution in [2.24, 2.45) is 0 Å². The highest BCUT2D eigenvalue weighted by Crippen LogP contribution is 2.36. The number of hydrogen-bond acceptors (Lipinski definition) is 5. The van der Waals surface area contributed by atoms with Crippen molar-refractivity contribution >= 4 is 5.91 Å². The molecular weight excluding hydrogens is 368 g/mol. The molecule has 2 atom stereocenters. The Morgan fingerprint density at radius 2 is 2.03 bits per heavy atom. The van der Waals surface area contributed by atoms with Crippen LogP contribution < -0.4 is 0 Å². The van der Waals surface area contributed by atoms with Crippen LogP contribution in [0.5, 0.6) is 0 Å². The Morgan fingerprint density at radius 1 is 1.24 bits per heavy atom. The molecule has 2 aromatic rings. The zero-order valence-electron chi connectivity index (χ0n) is 16.8. The fourth-order valence-corrected chi connectivity index (χ4v) is 4.54. The van der Waals surface area contributed by atoms with Crippen LogP contribution in [0.3, 0.4) is 0 Å². The van der Waals surface area contributed by atoms with Crippen LogP contribution in [0, 0.1) is 0 Å². The molecule has 1 amide bonds. The number of aliphatic hydroxyl groups is 1. The lowest BCUT2D eigenvalue weighted by atomic mass is 9.79. The highest BCUT2D eigenvalue weighted by Gasteiger charge is 2.46. The summed E-state index contributed by atoms with van der Waals surface area (Å²) in [7, 11) is 0. The second-order valence-electron chi connectivity index (χ2n) is 8.00. The lowest BCUT2D eigenvalue weighted by Crippen LogP contribution is -2.63. The van der Waals surface area contributed by atoms with Crippen molar-refractivity contribution in [3.8, 4) is 0 Å². The zero-order chi connectivity index (χ0) is 20.1. The number of aryl methyl sites for hydroxylation is 1. The van der Waals surface area contributed by atoms with Crippen LogP contribution in [0.15, 0.2) is 42.7 Å². The third-order valence-corrected chi connectivity index (χ3v) is 6.23. The first kappa shape index (κ1) is 20.1. The first-order chi connectivity index (χ1) is 14.2. The van der Waals surface area contributed by atoms with E-state index in [1.54, 1.807) is 6.20 Å². The van der Waals surface area contributed by atoms with E-state index in [1.807, 2.05) is 41.4 Å². The Morgan fingerprint density at radius 3 is 2.76 bits per heavy atom. The van der Waals surface area contributed by atoms with Crippen LogP contribution >= 0.6 is 0 Å². The van der Waals surface area contributed by atoms with E-state index in [4.69, 9.17) is 4.74 Å². The number of likely N-dealkylation sites (tertiary alicyclic amines) is 1. The maximum atomic E-state index is 12.9. The van der Waals surface area contributed by atoms with Gasteiger partial charge in [0.1, 0.15) is 5.60 Å². The molecule has 2 N–H and O–H groups in total. The van der Waals surface area contributed by atoms with Gasteiger partial charge in [0.15, 0.2) is 0 Å². The molecule has 1 aromatic carbocycles. The Kier molecular flexibility index (Phi) is 6.28. The largest absolute Gasteiger partial charge is 0.383 e. The highest BCUT2D eigenvalue weighted by molar-refractivity contribution is 5.76. The predicted molar refractivity (Wildman–Crippen MR) is 109 cm³/mol. The molecule has 0 unspecified atom stereocenters. The van der Waals surface area contributed by atoms with Crippen molar-refractivity contribution in [1.29, 1.82) is 0 Å². The number of carbonyl (C=O) groups is 1. The maximum Gasteiger partial charge on any atom is 0.222 e. The quantitative estimate of drug-likeness (QED) is 0.772. The molecule has 2 aliphatic rings. The van der Waals surface area contributed by atoms with E-state index in [2.05, 4.69) is 15.1 Å². The van der Waals surface area contributed by atoms with Gasteiger partial charge in [-0.2, -0.15) is 5.10 Å². The number of piperidine rings is 1. The summed E-state index contributed by atoms with van der Waals surface area (Å²) in [6.07, 6.45) is 6.40. The average molecular weight is 399 g/mol. The highest BCUT2D eigenvalue weighted by atomic mass is 16.5. The molecular formula is C22H30N4O3. The molecule has 0 aliphatic carbocycles. The van der Waals surface area contributed by atoms with E-state index in [1.165, 1.54) is 0 Å². The van der Waals surface area contributed by atoms with Crippen molar-refractivity contribution in [2.75, 3.05) is 39.4 Å². The van der Waals surface area contributed by atoms with E-state index in [9.17, 15) is 9.90 Å². The summed E-state index contributed by atoms with van der Waals surface area (Å²) < 4.78 is 5.52. The summed E-state index contributed by atoms with van der Waals surface area (Å²) in [6, 6.07) is 9.77. The SMILES string of the molecule is O=C(CCCc1cn[nH]c1)N1CC[C@](O)(c2ccccc2)[C@H](N2CCOCC2)C1. The van der Waals surface area contributed by atoms with E-state index < -0.39 is 5.60 Å². The minimum absolute atomic E-state index is 0.125. The number of nitrogens with zero attached hydrogens (tertiary/aromatic N) is 3. The second kappa shape index (κ2) is 9.07. The molecule has 0 spiro atoms. The Balaban J connectivity index is 1.45. The molecule has 4 rings (SSSR count). The number of carbonyl (C=O) groups excluding carboxylic acids is 1. The molecule has 1 aromatic heterocycles. The van der Waals surface area contributed by atoms with Gasteiger partial charge in [-0.1, -0.05) is 30.3 Å². The third kappa shape index (κ3) is 4.52. The smallest absolute Gasteiger partial charge is 0.222 e. The summed E-state index contributed by atoms with van der Waals surface area (Å²) in [5.74, 6) is 0.168. The van der Waals surface area contributed by atoms with Gasteiger partial charge in [-0.05, 0) is 30.4 Å². The van der Waals surface area contributed by atoms with Gasteiger partial charge in [-0.15, -0.1) is 0 Å². The molecule has 2 aliphatic heterocycles. The lowest BCUT2D eigenvalue weighted by molar-refractivity contribution is -0.147. The van der Waals surface area contributed by atoms with Gasteiger partial charge in [0.05, 0.1) is 25.5 Å². The van der Waals surface area contributed by atoms with E-state index in [0.717, 1.165) is 37.1 Å². The summed E-state index contributed by atoms with van der Waals surface area (Å²) in [5.41, 5.74) is 1.11. The number of aromatic amines is 1. The first-order valence-electron chi connectivity index (χ1n) is 10.5. The maximum absolute atomic E-state index is 12.9. The molecule has 3 heterocycles. The number of hydrogen-bond donors (Lipinski definition) is 2. The molecule has 7 heteroatoms. The standard InChI is InChI=1S/C22H30N4O3/c27-21(8-4-5-18-15-23-24-16-18)26-10-9-22(28,19-6-2-1-3-7-19)20(17-26)25-11-13-29-14-12-25/h1-3,6-7,15-16,20,28H,4-5,8-14,17H2,(H,23,24)/t20-,22+/m1/s1. The molecule has 29 heavy (non-hydrogen) atoms. The van der Waals surface area contributed by atoms with Gasteiger partial charge < -0.3 is 14.7 Å². The van der Waals surface area contributed by atoms with Crippen LogP contribution in [0.2, 0.25) is 0 Å². The number of benzene rings is 1. The minimum Gasteiger partial charge on any atom is -0.383 e. The van der Waals surface area contributed by atoms with Crippen molar-refractivity contribution in [2.45, 2.75) is 37.3 Å². The topological polar surface area (TPSA) is 81.7 Å². The van der Waals surface area contributed by atoms with Gasteiger partial charge in [0.25, 0.3) is 0 Å². The normalized spacial score (nSPS) is 25.8. The lowest BCUT2D eigenvalue weighted by Gasteiger charge is -2.50. The summed E-state index contributed by atoms with van der Waals surface area (Å²) in [6.45, 7) is 4.03. The first-order valence-corrected chi connectivity index (χ1v) is 10.5. The fraction of sp³-hybridized carbons (Fsp3) is 0.545. The average Bonchev–Trinajstić information content (AvgIpc) is 3.29. The van der Waals surface area contributed by atoms with Gasteiger partial charge >= 0.3 is 0 Å². The van der Waals surface area contributed by atoms with Crippen molar-refractivity contribution < 1.29 is 14.6 Å². The summed E-state index contributed by atoms with van der Waals surface area (Å²) in [5, 5.41) is 18.5. The van der Waals surface area contributed by atoms with Crippen molar-refractivity contribution in [3.63, 3.8) is 0 Å². The van der Waals surface area contributed by atoms with Gasteiger partial charge in [-0.25, -0.2) is 0 Å². The van der Waals surface area contributed by atoms with E-state index in [0.29, 0.717) is 39.1 Å². The Bertz CT molecular complexity index is 777. The number of amides is 1. The van der Waals surface area contributed by atoms with Crippen LogP contribution in [0.1, 0.15) is 30.4 Å². The number of H-pyrrole nitrogens is 1. The van der Waals surface area contributed by atoms with E-state index in [-0.39, 0.29) is 11.9 Å². The molecule has 0 saturated carbocycles. The van der Waals surface area contributed by atoms with Crippen molar-refractivity contribution in [3.05, 3.63) is 53.9 Å². The zero-order valence-corrected chi connectivity index (χ0v) is 16.8. The number of nitrogens with one attached hydrogen (secondary N) is 1. The molecule has 7 nitrogen and oxygen atoms in total. The van der Waals surface area contributed by atoms with Crippen LogP contribution in [0.4, 0.5) is 0 Å². The number of morpholine rings is 1. The number of aromatic nitrogens is 2. The fourth-order valence-electron chi connectivity index (χ4n) is 4.54. The number of ether oxygens (including phenoxy) is 1. The van der Waals surface area contributed by atoms with Crippen LogP contribution in [-0.4, -0.2) is 76.4 Å². The van der Waals surface area contributed by atoms with E-state index >= 15 is 0 Å². The van der Waals surface area contributed by atoms with Crippen LogP contribution in [0.25, 0.3) is 0 Å². The third-order valence-electron chi connectivity index (χ3n) is 6.23. The Hall–Kier alpha value is -2.22. The molecule has 2 fully saturated rings. The minimum atomic E-state index is -0.952. The van der Waals surface area contributed by atoms with Gasteiger partial charge in [-0.3, -0.25) is 14.8 Å². The molecule has 0 bridgehead atoms. The molecule has 156 valence electrons. The Labute approximate surface area is 171 Å². The van der Waals surface area contributed by atoms with Gasteiger partial charge in [0, 0.05) is 38.8 Å². The molecule has 2 saturated heterocycles. The van der Waals surface area contributed by atoms with Crippen LogP contribution in [-0.2, 0) is 21.6 Å². The second-order valence-corrected chi connectivity index (χ2v) is 8.00. The molecule has 0 radical (unpaired) electrons. The monoisotopic (exact) mass is 398 g/mol. The summed E-state index contributed by atoms with van der Waals surface area (Å²) >= 11 is 0. The summed E-state index contributed by atoms with van der Waals surface area (Å²) in [4.78, 5) is 17.1. The predicted octanol–water partition coefficient (Wildman–Crippen LogP) is 1.55. The van der Waals surface area contributed by atoms with Gasteiger partial charge in [0.2, 0.25) is 5.91 Å². The van der Waals surface area contributed by atoms with Crippen molar-refractivity contribution in [1.82, 2.24) is 20.0 Å². The number of rotatable bonds is 6.